The highest BCUT2D eigenvalue weighted by Crippen LogP contribution is 2.30. The normalized spacial score (nSPS) is 12.5. The van der Waals surface area contributed by atoms with Gasteiger partial charge in [0.15, 0.2) is 11.2 Å². The summed E-state index contributed by atoms with van der Waals surface area (Å²) in [6.45, 7) is 10.6. The van der Waals surface area contributed by atoms with Crippen molar-refractivity contribution >= 4 is 34.8 Å². The zero-order valence-corrected chi connectivity index (χ0v) is 26.1. The maximum Gasteiger partial charge on any atom is 0.208 e. The molecule has 0 aliphatic heterocycles. The van der Waals surface area contributed by atoms with Gasteiger partial charge in [0.05, 0.1) is 11.4 Å². The first-order valence-electron chi connectivity index (χ1n) is 14.0. The molecule has 7 heteroatoms. The van der Waals surface area contributed by atoms with Crippen LogP contribution < -0.4 is 0 Å². The summed E-state index contributed by atoms with van der Waals surface area (Å²) in [4.78, 5) is 39.6. The number of carbonyl (C=O) groups is 2. The minimum atomic E-state index is -1.13. The van der Waals surface area contributed by atoms with Gasteiger partial charge in [-0.1, -0.05) is 107 Å². The number of carbonyl (C=O) groups excluding carboxylic acids is 2. The van der Waals surface area contributed by atoms with E-state index >= 15 is 0 Å². The van der Waals surface area contributed by atoms with Gasteiger partial charge in [-0.2, -0.15) is 0 Å². The van der Waals surface area contributed by atoms with Crippen molar-refractivity contribution in [2.45, 2.75) is 62.5 Å². The summed E-state index contributed by atoms with van der Waals surface area (Å²) in [5.74, 6) is -0.325. The molecule has 0 bridgehead atoms. The van der Waals surface area contributed by atoms with Crippen LogP contribution in [0.3, 0.4) is 0 Å². The quantitative estimate of drug-likeness (QED) is 0.0935. The summed E-state index contributed by atoms with van der Waals surface area (Å²) in [7, 11) is 0. The fourth-order valence-corrected chi connectivity index (χ4v) is 4.91. The van der Waals surface area contributed by atoms with E-state index in [1.54, 1.807) is 52.0 Å². The number of oxime groups is 2. The Hall–Kier alpha value is -4.49. The van der Waals surface area contributed by atoms with E-state index in [2.05, 4.69) is 10.3 Å². The van der Waals surface area contributed by atoms with Gasteiger partial charge >= 0.3 is 0 Å². The molecule has 0 radical (unpaired) electrons. The van der Waals surface area contributed by atoms with Crippen LogP contribution in [0.5, 0.6) is 0 Å². The smallest absolute Gasteiger partial charge is 0.208 e. The second-order valence-corrected chi connectivity index (χ2v) is 12.2. The SMILES string of the molecule is C/C(=N\OC(C)(C)C(=O)c1ccc(Sc2ccc(C(=O)C(C)(C)O/N=C(\C)c3ccccc3)cc2)cc1)c1ccccc1. The van der Waals surface area contributed by atoms with Crippen molar-refractivity contribution in [3.8, 4) is 0 Å². The number of nitrogens with zero attached hydrogens (tertiary/aromatic N) is 2. The van der Waals surface area contributed by atoms with E-state index in [4.69, 9.17) is 9.68 Å². The lowest BCUT2D eigenvalue weighted by Gasteiger charge is -2.21. The number of rotatable bonds is 12. The van der Waals surface area contributed by atoms with E-state index in [-0.39, 0.29) is 11.6 Å². The van der Waals surface area contributed by atoms with Gasteiger partial charge in [0.2, 0.25) is 11.6 Å². The summed E-state index contributed by atoms with van der Waals surface area (Å²) in [6.07, 6.45) is 0. The lowest BCUT2D eigenvalue weighted by atomic mass is 9.97. The lowest BCUT2D eigenvalue weighted by molar-refractivity contribution is -0.00174. The van der Waals surface area contributed by atoms with E-state index in [0.29, 0.717) is 22.6 Å². The highest BCUT2D eigenvalue weighted by atomic mass is 32.2. The standard InChI is InChI=1S/C36H36N2O4S/c1-25(27-13-9-7-10-14-27)37-41-35(3,4)33(39)29-17-21-31(22-18-29)43-32-23-19-30(20-24-32)34(40)36(5,6)42-38-26(2)28-15-11-8-12-16-28/h7-24H,1-6H3/b37-25+,38-26+. The summed E-state index contributed by atoms with van der Waals surface area (Å²) >= 11 is 1.54. The van der Waals surface area contributed by atoms with Crippen LogP contribution >= 0.6 is 11.8 Å². The fourth-order valence-electron chi connectivity index (χ4n) is 4.09. The fraction of sp³-hybridized carbons (Fsp3) is 0.222. The molecule has 0 heterocycles. The molecule has 0 atom stereocenters. The molecule has 4 aromatic rings. The zero-order valence-electron chi connectivity index (χ0n) is 25.3. The summed E-state index contributed by atoms with van der Waals surface area (Å²) < 4.78 is 0. The maximum atomic E-state index is 13.2. The van der Waals surface area contributed by atoms with Gasteiger partial charge in [-0.05, 0) is 76.9 Å². The molecule has 0 aliphatic carbocycles. The molecule has 0 saturated heterocycles. The Labute approximate surface area is 257 Å². The van der Waals surface area contributed by atoms with Crippen molar-refractivity contribution < 1.29 is 19.3 Å². The summed E-state index contributed by atoms with van der Waals surface area (Å²) in [6, 6.07) is 34.1. The van der Waals surface area contributed by atoms with Crippen molar-refractivity contribution in [3.63, 3.8) is 0 Å². The van der Waals surface area contributed by atoms with Gasteiger partial charge in [0, 0.05) is 20.9 Å². The van der Waals surface area contributed by atoms with Gasteiger partial charge in [0.25, 0.3) is 0 Å². The first-order valence-corrected chi connectivity index (χ1v) is 14.8. The molecular weight excluding hydrogens is 556 g/mol. The number of benzene rings is 4. The van der Waals surface area contributed by atoms with Crippen molar-refractivity contribution in [2.75, 3.05) is 0 Å². The maximum absolute atomic E-state index is 13.2. The van der Waals surface area contributed by atoms with E-state index in [9.17, 15) is 9.59 Å². The molecule has 0 aliphatic rings. The lowest BCUT2D eigenvalue weighted by Crippen LogP contribution is -2.33. The third kappa shape index (κ3) is 8.30. The number of hydrogen-bond donors (Lipinski definition) is 0. The predicted octanol–water partition coefficient (Wildman–Crippen LogP) is 8.64. The monoisotopic (exact) mass is 592 g/mol. The number of ketones is 2. The second kappa shape index (κ2) is 13.7. The average Bonchev–Trinajstić information content (AvgIpc) is 3.03. The van der Waals surface area contributed by atoms with E-state index in [1.165, 1.54) is 11.8 Å². The van der Waals surface area contributed by atoms with Crippen LogP contribution in [0.25, 0.3) is 0 Å². The van der Waals surface area contributed by atoms with Crippen LogP contribution in [0.2, 0.25) is 0 Å². The molecule has 6 nitrogen and oxygen atoms in total. The Kier molecular flexibility index (Phi) is 9.99. The van der Waals surface area contributed by atoms with Crippen molar-refractivity contribution in [1.82, 2.24) is 0 Å². The van der Waals surface area contributed by atoms with Crippen LogP contribution in [0.1, 0.15) is 73.4 Å². The molecule has 0 unspecified atom stereocenters. The number of hydrogen-bond acceptors (Lipinski definition) is 7. The van der Waals surface area contributed by atoms with Crippen LogP contribution in [0.15, 0.2) is 129 Å². The van der Waals surface area contributed by atoms with E-state index in [0.717, 1.165) is 20.9 Å². The molecule has 0 N–H and O–H groups in total. The van der Waals surface area contributed by atoms with Gasteiger partial charge in [0.1, 0.15) is 0 Å². The molecule has 4 aromatic carbocycles. The molecule has 0 spiro atoms. The average molecular weight is 593 g/mol. The molecule has 0 saturated carbocycles. The minimum Gasteiger partial charge on any atom is -0.381 e. The molecule has 220 valence electrons. The minimum absolute atomic E-state index is 0.162. The molecule has 0 fully saturated rings. The van der Waals surface area contributed by atoms with Gasteiger partial charge in [-0.25, -0.2) is 0 Å². The Balaban J connectivity index is 1.36. The topological polar surface area (TPSA) is 77.3 Å². The Morgan fingerprint density at radius 2 is 0.837 bits per heavy atom. The highest BCUT2D eigenvalue weighted by Gasteiger charge is 2.32. The molecule has 43 heavy (non-hydrogen) atoms. The second-order valence-electron chi connectivity index (χ2n) is 11.1. The third-order valence-electron chi connectivity index (χ3n) is 6.77. The summed E-state index contributed by atoms with van der Waals surface area (Å²) in [5.41, 5.74) is 2.08. The van der Waals surface area contributed by atoms with Crippen molar-refractivity contribution in [2.24, 2.45) is 10.3 Å². The summed E-state index contributed by atoms with van der Waals surface area (Å²) in [5, 5.41) is 8.41. The highest BCUT2D eigenvalue weighted by molar-refractivity contribution is 7.99. The third-order valence-corrected chi connectivity index (χ3v) is 7.78. The van der Waals surface area contributed by atoms with E-state index in [1.807, 2.05) is 98.8 Å². The molecular formula is C36H36N2O4S. The first-order chi connectivity index (χ1) is 20.5. The Morgan fingerprint density at radius 1 is 0.512 bits per heavy atom. The van der Waals surface area contributed by atoms with E-state index < -0.39 is 11.2 Å². The van der Waals surface area contributed by atoms with Crippen LogP contribution in [-0.4, -0.2) is 34.2 Å². The van der Waals surface area contributed by atoms with Crippen LogP contribution in [-0.2, 0) is 9.68 Å². The largest absolute Gasteiger partial charge is 0.381 e. The van der Waals surface area contributed by atoms with Crippen molar-refractivity contribution in [3.05, 3.63) is 131 Å². The van der Waals surface area contributed by atoms with Gasteiger partial charge < -0.3 is 9.68 Å². The van der Waals surface area contributed by atoms with Crippen LogP contribution in [0, 0.1) is 0 Å². The van der Waals surface area contributed by atoms with Crippen molar-refractivity contribution in [1.29, 1.82) is 0 Å². The number of Topliss-reactive ketones (excluding diaryl/α,β-unsaturated/α-hetero) is 2. The Bertz CT molecular complexity index is 1490. The molecule has 0 amide bonds. The predicted molar refractivity (Wildman–Crippen MR) is 173 cm³/mol. The van der Waals surface area contributed by atoms with Gasteiger partial charge in [-0.15, -0.1) is 0 Å². The van der Waals surface area contributed by atoms with Crippen LogP contribution in [0.4, 0.5) is 0 Å². The molecule has 0 aromatic heterocycles. The molecule has 4 rings (SSSR count). The first kappa shape index (κ1) is 31.4. The Morgan fingerprint density at radius 3 is 1.16 bits per heavy atom. The van der Waals surface area contributed by atoms with Gasteiger partial charge in [-0.3, -0.25) is 9.59 Å². The zero-order chi connectivity index (χ0) is 31.0.